The Morgan fingerprint density at radius 1 is 1.10 bits per heavy atom. The van der Waals surface area contributed by atoms with Gasteiger partial charge in [0.2, 0.25) is 5.91 Å². The van der Waals surface area contributed by atoms with E-state index in [4.69, 9.17) is 0 Å². The van der Waals surface area contributed by atoms with Gasteiger partial charge in [0, 0.05) is 37.9 Å². The molecule has 0 atom stereocenters. The van der Waals surface area contributed by atoms with Gasteiger partial charge >= 0.3 is 0 Å². The summed E-state index contributed by atoms with van der Waals surface area (Å²) in [6, 6.07) is 0. The number of nitrogens with zero attached hydrogens (tertiary/aromatic N) is 3. The minimum atomic E-state index is 0.328. The number of hydrogen-bond acceptors (Lipinski definition) is 2. The van der Waals surface area contributed by atoms with Crippen LogP contribution in [0, 0.1) is 11.8 Å². The summed E-state index contributed by atoms with van der Waals surface area (Å²) in [6.07, 6.45) is 14.1. The van der Waals surface area contributed by atoms with Gasteiger partial charge in [-0.1, -0.05) is 19.3 Å². The Morgan fingerprint density at radius 2 is 1.85 bits per heavy atom. The van der Waals surface area contributed by atoms with E-state index < -0.39 is 0 Å². The Bertz CT molecular complexity index is 415. The standard InChI is InChI=1S/C16H25N3O/c20-16(15-4-2-1-3-5-15)19-9-6-14(7-10-19)12-18-11-8-17-13-18/h8,11,13-15H,1-7,9-10,12H2. The SMILES string of the molecule is O=C(C1CCCCC1)N1CCC(Cn2ccnc2)CC1. The van der Waals surface area contributed by atoms with Crippen molar-refractivity contribution in [3.05, 3.63) is 18.7 Å². The van der Waals surface area contributed by atoms with Crippen molar-refractivity contribution in [2.75, 3.05) is 13.1 Å². The van der Waals surface area contributed by atoms with Crippen LogP contribution in [0.5, 0.6) is 0 Å². The van der Waals surface area contributed by atoms with Crippen molar-refractivity contribution in [1.29, 1.82) is 0 Å². The lowest BCUT2D eigenvalue weighted by atomic mass is 9.87. The molecule has 2 fully saturated rings. The number of hydrogen-bond donors (Lipinski definition) is 0. The summed E-state index contributed by atoms with van der Waals surface area (Å²) in [5.74, 6) is 1.46. The number of carbonyl (C=O) groups is 1. The smallest absolute Gasteiger partial charge is 0.225 e. The average Bonchev–Trinajstić information content (AvgIpc) is 3.01. The molecule has 2 heterocycles. The predicted octanol–water partition coefficient (Wildman–Crippen LogP) is 2.70. The van der Waals surface area contributed by atoms with Crippen molar-refractivity contribution in [3.63, 3.8) is 0 Å². The Labute approximate surface area is 121 Å². The molecule has 0 unspecified atom stereocenters. The number of rotatable bonds is 3. The van der Waals surface area contributed by atoms with Crippen molar-refractivity contribution in [2.45, 2.75) is 51.5 Å². The molecule has 4 heteroatoms. The molecule has 1 aliphatic carbocycles. The lowest BCUT2D eigenvalue weighted by molar-refractivity contribution is -0.138. The van der Waals surface area contributed by atoms with E-state index in [1.54, 1.807) is 0 Å². The molecule has 1 saturated carbocycles. The highest BCUT2D eigenvalue weighted by molar-refractivity contribution is 5.79. The summed E-state index contributed by atoms with van der Waals surface area (Å²) in [4.78, 5) is 18.7. The molecule has 0 bridgehead atoms. The fourth-order valence-corrected chi connectivity index (χ4v) is 3.64. The van der Waals surface area contributed by atoms with Crippen LogP contribution < -0.4 is 0 Å². The molecule has 1 amide bonds. The van der Waals surface area contributed by atoms with Gasteiger partial charge in [-0.05, 0) is 31.6 Å². The first-order valence-electron chi connectivity index (χ1n) is 8.07. The van der Waals surface area contributed by atoms with Crippen LogP contribution >= 0.6 is 0 Å². The van der Waals surface area contributed by atoms with Crippen molar-refractivity contribution in [2.24, 2.45) is 11.8 Å². The van der Waals surface area contributed by atoms with Crippen LogP contribution in [0.15, 0.2) is 18.7 Å². The van der Waals surface area contributed by atoms with Crippen LogP contribution in [-0.4, -0.2) is 33.4 Å². The molecule has 1 aromatic rings. The molecule has 1 aliphatic heterocycles. The third-order valence-electron chi connectivity index (χ3n) is 4.91. The minimum Gasteiger partial charge on any atom is -0.342 e. The van der Waals surface area contributed by atoms with Gasteiger partial charge in [0.15, 0.2) is 0 Å². The van der Waals surface area contributed by atoms with Gasteiger partial charge in [-0.25, -0.2) is 4.98 Å². The fourth-order valence-electron chi connectivity index (χ4n) is 3.64. The van der Waals surface area contributed by atoms with Gasteiger partial charge in [0.25, 0.3) is 0 Å². The molecule has 1 aromatic heterocycles. The van der Waals surface area contributed by atoms with E-state index in [-0.39, 0.29) is 0 Å². The predicted molar refractivity (Wildman–Crippen MR) is 78.1 cm³/mol. The van der Waals surface area contributed by atoms with Crippen molar-refractivity contribution in [1.82, 2.24) is 14.5 Å². The number of piperidine rings is 1. The minimum absolute atomic E-state index is 0.328. The number of aromatic nitrogens is 2. The maximum Gasteiger partial charge on any atom is 0.225 e. The lowest BCUT2D eigenvalue weighted by Gasteiger charge is -2.35. The second-order valence-electron chi connectivity index (χ2n) is 6.36. The normalized spacial score (nSPS) is 22.1. The summed E-state index contributed by atoms with van der Waals surface area (Å²) in [6.45, 7) is 2.95. The molecular weight excluding hydrogens is 250 g/mol. The number of imidazole rings is 1. The van der Waals surface area contributed by atoms with Gasteiger partial charge in [0.1, 0.15) is 0 Å². The topological polar surface area (TPSA) is 38.1 Å². The molecular formula is C16H25N3O. The van der Waals surface area contributed by atoms with Crippen LogP contribution in [0.25, 0.3) is 0 Å². The van der Waals surface area contributed by atoms with Crippen LogP contribution in [-0.2, 0) is 11.3 Å². The van der Waals surface area contributed by atoms with Crippen molar-refractivity contribution < 1.29 is 4.79 Å². The van der Waals surface area contributed by atoms with E-state index in [2.05, 4.69) is 14.5 Å². The summed E-state index contributed by atoms with van der Waals surface area (Å²) in [5, 5.41) is 0. The summed E-state index contributed by atoms with van der Waals surface area (Å²) < 4.78 is 2.16. The molecule has 0 aromatic carbocycles. The molecule has 0 radical (unpaired) electrons. The third-order valence-corrected chi connectivity index (χ3v) is 4.91. The highest BCUT2D eigenvalue weighted by Gasteiger charge is 2.29. The van der Waals surface area contributed by atoms with Gasteiger partial charge in [0.05, 0.1) is 6.33 Å². The number of carbonyl (C=O) groups excluding carboxylic acids is 1. The van der Waals surface area contributed by atoms with Gasteiger partial charge in [-0.2, -0.15) is 0 Å². The number of likely N-dealkylation sites (tertiary alicyclic amines) is 1. The Kier molecular flexibility index (Phi) is 4.38. The van der Waals surface area contributed by atoms with E-state index in [1.807, 2.05) is 18.7 Å². The zero-order valence-corrected chi connectivity index (χ0v) is 12.2. The molecule has 1 saturated heterocycles. The van der Waals surface area contributed by atoms with Gasteiger partial charge in [-0.15, -0.1) is 0 Å². The molecule has 20 heavy (non-hydrogen) atoms. The quantitative estimate of drug-likeness (QED) is 0.850. The zero-order valence-electron chi connectivity index (χ0n) is 12.2. The van der Waals surface area contributed by atoms with E-state index in [0.717, 1.165) is 45.3 Å². The first kappa shape index (κ1) is 13.7. The average molecular weight is 275 g/mol. The maximum atomic E-state index is 12.5. The third kappa shape index (κ3) is 3.22. The maximum absolute atomic E-state index is 12.5. The van der Waals surface area contributed by atoms with Gasteiger partial charge < -0.3 is 9.47 Å². The fraction of sp³-hybridized carbons (Fsp3) is 0.750. The molecule has 0 spiro atoms. The highest BCUT2D eigenvalue weighted by atomic mass is 16.2. The summed E-state index contributed by atoms with van der Waals surface area (Å²) in [5.41, 5.74) is 0. The van der Waals surface area contributed by atoms with Gasteiger partial charge in [-0.3, -0.25) is 4.79 Å². The Balaban J connectivity index is 1.46. The highest BCUT2D eigenvalue weighted by Crippen LogP contribution is 2.27. The first-order valence-corrected chi connectivity index (χ1v) is 8.07. The van der Waals surface area contributed by atoms with E-state index in [0.29, 0.717) is 17.7 Å². The number of amides is 1. The first-order chi connectivity index (χ1) is 9.83. The van der Waals surface area contributed by atoms with E-state index in [1.165, 1.54) is 19.3 Å². The van der Waals surface area contributed by atoms with E-state index >= 15 is 0 Å². The molecule has 0 N–H and O–H groups in total. The molecule has 4 nitrogen and oxygen atoms in total. The molecule has 110 valence electrons. The summed E-state index contributed by atoms with van der Waals surface area (Å²) in [7, 11) is 0. The van der Waals surface area contributed by atoms with E-state index in [9.17, 15) is 4.79 Å². The second-order valence-corrected chi connectivity index (χ2v) is 6.36. The Morgan fingerprint density at radius 3 is 2.50 bits per heavy atom. The largest absolute Gasteiger partial charge is 0.342 e. The van der Waals surface area contributed by atoms with Crippen molar-refractivity contribution in [3.8, 4) is 0 Å². The van der Waals surface area contributed by atoms with Crippen LogP contribution in [0.3, 0.4) is 0 Å². The molecule has 2 aliphatic rings. The summed E-state index contributed by atoms with van der Waals surface area (Å²) >= 11 is 0. The van der Waals surface area contributed by atoms with Crippen LogP contribution in [0.2, 0.25) is 0 Å². The zero-order chi connectivity index (χ0) is 13.8. The monoisotopic (exact) mass is 275 g/mol. The lowest BCUT2D eigenvalue weighted by Crippen LogP contribution is -2.42. The van der Waals surface area contributed by atoms with Crippen LogP contribution in [0.4, 0.5) is 0 Å². The molecule has 3 rings (SSSR count). The van der Waals surface area contributed by atoms with Crippen LogP contribution in [0.1, 0.15) is 44.9 Å². The second kappa shape index (κ2) is 6.42. The van der Waals surface area contributed by atoms with Crippen molar-refractivity contribution >= 4 is 5.91 Å². The Hall–Kier alpha value is -1.32.